The monoisotopic (exact) mass is 284 g/mol. The van der Waals surface area contributed by atoms with Crippen molar-refractivity contribution in [3.05, 3.63) is 34.2 Å². The zero-order valence-electron chi connectivity index (χ0n) is 8.61. The second-order valence-electron chi connectivity index (χ2n) is 3.36. The van der Waals surface area contributed by atoms with Crippen LogP contribution in [0.15, 0.2) is 22.8 Å². The lowest BCUT2D eigenvalue weighted by molar-refractivity contribution is 0.625. The van der Waals surface area contributed by atoms with Crippen LogP contribution in [0.1, 0.15) is 5.56 Å². The number of aryl methyl sites for hydroxylation is 1. The summed E-state index contributed by atoms with van der Waals surface area (Å²) in [5.41, 5.74) is 7.95. The van der Waals surface area contributed by atoms with Gasteiger partial charge in [0.15, 0.2) is 4.60 Å². The molecule has 0 aliphatic carbocycles. The third-order valence-electron chi connectivity index (χ3n) is 2.33. The van der Waals surface area contributed by atoms with Gasteiger partial charge in [-0.05, 0) is 39.7 Å². The Kier molecular flexibility index (Phi) is 3.02. The van der Waals surface area contributed by atoms with Crippen molar-refractivity contribution in [3.63, 3.8) is 0 Å². The maximum Gasteiger partial charge on any atom is 0.156 e. The van der Waals surface area contributed by atoms with Crippen LogP contribution in [0, 0.1) is 5.82 Å². The van der Waals surface area contributed by atoms with Crippen molar-refractivity contribution in [3.8, 4) is 11.3 Å². The maximum atomic E-state index is 13.1. The fourth-order valence-corrected chi connectivity index (χ4v) is 2.12. The highest BCUT2D eigenvalue weighted by atomic mass is 79.9. The van der Waals surface area contributed by atoms with Crippen molar-refractivity contribution in [1.29, 1.82) is 0 Å². The number of benzene rings is 1. The average Bonchev–Trinajstić information content (AvgIpc) is 2.59. The lowest BCUT2D eigenvalue weighted by Crippen LogP contribution is -2.02. The Labute approximate surface area is 100 Å². The molecule has 84 valence electrons. The SMILES string of the molecule is Cn1nnc(Br)c1-c1ccc(F)cc1CN. The van der Waals surface area contributed by atoms with Gasteiger partial charge < -0.3 is 5.73 Å². The largest absolute Gasteiger partial charge is 0.326 e. The first-order valence-corrected chi connectivity index (χ1v) is 5.47. The normalized spacial score (nSPS) is 10.8. The van der Waals surface area contributed by atoms with Crippen LogP contribution >= 0.6 is 15.9 Å². The zero-order chi connectivity index (χ0) is 11.7. The summed E-state index contributed by atoms with van der Waals surface area (Å²) < 4.78 is 15.3. The van der Waals surface area contributed by atoms with E-state index >= 15 is 0 Å². The van der Waals surface area contributed by atoms with E-state index in [0.717, 1.165) is 16.8 Å². The Morgan fingerprint density at radius 1 is 1.50 bits per heavy atom. The van der Waals surface area contributed by atoms with Gasteiger partial charge in [0.05, 0.1) is 0 Å². The number of nitrogens with zero attached hydrogens (tertiary/aromatic N) is 3. The van der Waals surface area contributed by atoms with Crippen LogP contribution in [0.4, 0.5) is 4.39 Å². The van der Waals surface area contributed by atoms with Gasteiger partial charge in [0, 0.05) is 19.2 Å². The summed E-state index contributed by atoms with van der Waals surface area (Å²) in [5, 5.41) is 7.76. The van der Waals surface area contributed by atoms with Crippen molar-refractivity contribution in [2.75, 3.05) is 0 Å². The molecule has 1 heterocycles. The van der Waals surface area contributed by atoms with E-state index in [2.05, 4.69) is 26.2 Å². The van der Waals surface area contributed by atoms with E-state index in [0.29, 0.717) is 4.60 Å². The molecule has 0 unspecified atom stereocenters. The van der Waals surface area contributed by atoms with E-state index in [-0.39, 0.29) is 12.4 Å². The first-order chi connectivity index (χ1) is 7.63. The summed E-state index contributed by atoms with van der Waals surface area (Å²) in [4.78, 5) is 0. The van der Waals surface area contributed by atoms with Gasteiger partial charge in [-0.2, -0.15) is 0 Å². The Balaban J connectivity index is 2.64. The number of nitrogens with two attached hydrogens (primary N) is 1. The molecule has 0 bridgehead atoms. The number of aromatic nitrogens is 3. The molecule has 0 aliphatic heterocycles. The molecule has 2 rings (SSSR count). The van der Waals surface area contributed by atoms with E-state index in [4.69, 9.17) is 5.73 Å². The molecule has 0 amide bonds. The minimum atomic E-state index is -0.296. The predicted octanol–water partition coefficient (Wildman–Crippen LogP) is 1.84. The van der Waals surface area contributed by atoms with Crippen LogP contribution in [-0.2, 0) is 13.6 Å². The van der Waals surface area contributed by atoms with Crippen LogP contribution in [0.3, 0.4) is 0 Å². The number of hydrogen-bond acceptors (Lipinski definition) is 3. The van der Waals surface area contributed by atoms with Crippen LogP contribution in [0.2, 0.25) is 0 Å². The van der Waals surface area contributed by atoms with E-state index in [9.17, 15) is 4.39 Å². The van der Waals surface area contributed by atoms with Gasteiger partial charge in [0.2, 0.25) is 0 Å². The Bertz CT molecular complexity index is 504. The lowest BCUT2D eigenvalue weighted by Gasteiger charge is -2.08. The van der Waals surface area contributed by atoms with Crippen LogP contribution in [0.5, 0.6) is 0 Å². The van der Waals surface area contributed by atoms with Crippen LogP contribution < -0.4 is 5.73 Å². The first kappa shape index (κ1) is 11.2. The Morgan fingerprint density at radius 3 is 2.81 bits per heavy atom. The smallest absolute Gasteiger partial charge is 0.156 e. The first-order valence-electron chi connectivity index (χ1n) is 4.67. The molecule has 0 aliphatic rings. The second kappa shape index (κ2) is 4.31. The summed E-state index contributed by atoms with van der Waals surface area (Å²) in [6, 6.07) is 4.50. The highest BCUT2D eigenvalue weighted by molar-refractivity contribution is 9.10. The molecule has 2 aromatic rings. The van der Waals surface area contributed by atoms with Gasteiger partial charge in [-0.1, -0.05) is 5.21 Å². The van der Waals surface area contributed by atoms with E-state index < -0.39 is 0 Å². The van der Waals surface area contributed by atoms with Gasteiger partial charge in [-0.15, -0.1) is 5.10 Å². The van der Waals surface area contributed by atoms with Gasteiger partial charge in [-0.25, -0.2) is 9.07 Å². The standard InChI is InChI=1S/C10H10BrFN4/c1-16-9(10(11)14-15-16)8-3-2-7(12)4-6(8)5-13/h2-4H,5,13H2,1H3. The third-order valence-corrected chi connectivity index (χ3v) is 2.86. The molecule has 0 saturated carbocycles. The summed E-state index contributed by atoms with van der Waals surface area (Å²) >= 11 is 3.31. The molecule has 0 spiro atoms. The van der Waals surface area contributed by atoms with Crippen molar-refractivity contribution in [1.82, 2.24) is 15.0 Å². The highest BCUT2D eigenvalue weighted by Gasteiger charge is 2.14. The van der Waals surface area contributed by atoms with Crippen molar-refractivity contribution < 1.29 is 4.39 Å². The van der Waals surface area contributed by atoms with Gasteiger partial charge in [0.25, 0.3) is 0 Å². The molecule has 0 atom stereocenters. The summed E-state index contributed by atoms with van der Waals surface area (Å²) in [5.74, 6) is -0.296. The predicted molar refractivity (Wildman–Crippen MR) is 62.0 cm³/mol. The quantitative estimate of drug-likeness (QED) is 0.916. The van der Waals surface area contributed by atoms with E-state index in [1.807, 2.05) is 0 Å². The molecular formula is C10H10BrFN4. The van der Waals surface area contributed by atoms with Gasteiger partial charge >= 0.3 is 0 Å². The Hall–Kier alpha value is -1.27. The molecule has 1 aromatic heterocycles. The Morgan fingerprint density at radius 2 is 2.25 bits per heavy atom. The summed E-state index contributed by atoms with van der Waals surface area (Å²) in [7, 11) is 1.77. The number of halogens is 2. The molecule has 2 N–H and O–H groups in total. The molecule has 0 fully saturated rings. The summed E-state index contributed by atoms with van der Waals surface area (Å²) in [6.45, 7) is 0.269. The summed E-state index contributed by atoms with van der Waals surface area (Å²) in [6.07, 6.45) is 0. The molecule has 0 saturated heterocycles. The second-order valence-corrected chi connectivity index (χ2v) is 4.11. The molecule has 0 radical (unpaired) electrons. The van der Waals surface area contributed by atoms with Gasteiger partial charge in [0.1, 0.15) is 11.5 Å². The van der Waals surface area contributed by atoms with E-state index in [1.54, 1.807) is 17.8 Å². The molecular weight excluding hydrogens is 275 g/mol. The van der Waals surface area contributed by atoms with Crippen LogP contribution in [0.25, 0.3) is 11.3 Å². The van der Waals surface area contributed by atoms with Crippen molar-refractivity contribution >= 4 is 15.9 Å². The van der Waals surface area contributed by atoms with Crippen molar-refractivity contribution in [2.24, 2.45) is 12.8 Å². The fourth-order valence-electron chi connectivity index (χ4n) is 1.58. The molecule has 16 heavy (non-hydrogen) atoms. The van der Waals surface area contributed by atoms with Gasteiger partial charge in [-0.3, -0.25) is 0 Å². The molecule has 1 aromatic carbocycles. The molecule has 6 heteroatoms. The third kappa shape index (κ3) is 1.85. The number of rotatable bonds is 2. The minimum absolute atomic E-state index is 0.269. The number of hydrogen-bond donors (Lipinski definition) is 1. The fraction of sp³-hybridized carbons (Fsp3) is 0.200. The van der Waals surface area contributed by atoms with Crippen molar-refractivity contribution in [2.45, 2.75) is 6.54 Å². The highest BCUT2D eigenvalue weighted by Crippen LogP contribution is 2.28. The molecule has 4 nitrogen and oxygen atoms in total. The average molecular weight is 285 g/mol. The minimum Gasteiger partial charge on any atom is -0.326 e. The van der Waals surface area contributed by atoms with Crippen LogP contribution in [-0.4, -0.2) is 15.0 Å². The van der Waals surface area contributed by atoms with E-state index in [1.165, 1.54) is 12.1 Å². The zero-order valence-corrected chi connectivity index (χ0v) is 10.2. The maximum absolute atomic E-state index is 13.1. The topological polar surface area (TPSA) is 56.7 Å². The lowest BCUT2D eigenvalue weighted by atomic mass is 10.0.